The molecular weight excluding hydrogens is 321 g/mol. The first-order valence-corrected chi connectivity index (χ1v) is 8.07. The van der Waals surface area contributed by atoms with Crippen LogP contribution in [0.25, 0.3) is 5.52 Å². The Morgan fingerprint density at radius 2 is 2.04 bits per heavy atom. The maximum atomic E-state index is 13.1. The first kappa shape index (κ1) is 16.7. The molecule has 0 radical (unpaired) electrons. The van der Waals surface area contributed by atoms with Gasteiger partial charge in [0, 0.05) is 31.2 Å². The van der Waals surface area contributed by atoms with Gasteiger partial charge in [-0.2, -0.15) is 10.4 Å². The van der Waals surface area contributed by atoms with E-state index >= 15 is 0 Å². The molecule has 0 aliphatic heterocycles. The molecule has 0 saturated carbocycles. The van der Waals surface area contributed by atoms with Crippen molar-refractivity contribution in [3.05, 3.63) is 64.6 Å². The van der Waals surface area contributed by atoms with E-state index in [4.69, 9.17) is 5.26 Å². The van der Waals surface area contributed by atoms with Gasteiger partial charge in [-0.3, -0.25) is 4.79 Å². The molecule has 25 heavy (non-hydrogen) atoms. The van der Waals surface area contributed by atoms with Crippen LogP contribution < -0.4 is 10.5 Å². The molecule has 0 spiro atoms. The van der Waals surface area contributed by atoms with Crippen molar-refractivity contribution in [3.8, 4) is 6.07 Å². The number of nitriles is 1. The number of aryl methyl sites for hydroxylation is 1. The molecule has 3 aromatic rings. The zero-order valence-corrected chi connectivity index (χ0v) is 13.9. The van der Waals surface area contributed by atoms with Crippen molar-refractivity contribution in [2.45, 2.75) is 26.4 Å². The second-order valence-corrected chi connectivity index (χ2v) is 5.66. The van der Waals surface area contributed by atoms with Gasteiger partial charge < -0.3 is 9.47 Å². The van der Waals surface area contributed by atoms with E-state index in [1.54, 1.807) is 35.1 Å². The third-order valence-corrected chi connectivity index (χ3v) is 4.04. The highest BCUT2D eigenvalue weighted by Gasteiger charge is 2.11. The average Bonchev–Trinajstić information content (AvgIpc) is 3.04. The number of nitrogens with zero attached hydrogens (tertiary/aromatic N) is 5. The highest BCUT2D eigenvalue weighted by Crippen LogP contribution is 2.17. The molecule has 6 nitrogen and oxygen atoms in total. The second-order valence-electron chi connectivity index (χ2n) is 5.66. The summed E-state index contributed by atoms with van der Waals surface area (Å²) in [6, 6.07) is 10.1. The number of benzene rings is 1. The largest absolute Gasteiger partial charge is 0.366 e. The predicted molar refractivity (Wildman–Crippen MR) is 92.8 cm³/mol. The van der Waals surface area contributed by atoms with E-state index < -0.39 is 0 Å². The van der Waals surface area contributed by atoms with Crippen molar-refractivity contribution in [2.75, 3.05) is 11.4 Å². The minimum absolute atomic E-state index is 0.165. The van der Waals surface area contributed by atoms with E-state index in [0.29, 0.717) is 18.6 Å². The van der Waals surface area contributed by atoms with E-state index in [0.717, 1.165) is 17.9 Å². The fraction of sp³-hybridized carbons (Fsp3) is 0.278. The summed E-state index contributed by atoms with van der Waals surface area (Å²) < 4.78 is 16.2. The van der Waals surface area contributed by atoms with Crippen LogP contribution in [0.2, 0.25) is 0 Å². The van der Waals surface area contributed by atoms with Gasteiger partial charge >= 0.3 is 0 Å². The first-order valence-electron chi connectivity index (χ1n) is 8.07. The van der Waals surface area contributed by atoms with E-state index in [2.05, 4.69) is 10.00 Å². The lowest BCUT2D eigenvalue weighted by Crippen LogP contribution is -2.22. The molecule has 0 aliphatic rings. The topological polar surface area (TPSA) is 66.3 Å². The van der Waals surface area contributed by atoms with Crippen LogP contribution in [0.3, 0.4) is 0 Å². The molecule has 3 rings (SSSR count). The summed E-state index contributed by atoms with van der Waals surface area (Å²) in [5, 5.41) is 13.1. The highest BCUT2D eigenvalue weighted by atomic mass is 19.1. The first-order chi connectivity index (χ1) is 12.1. The lowest BCUT2D eigenvalue weighted by molar-refractivity contribution is 0.627. The number of aromatic nitrogens is 3. The van der Waals surface area contributed by atoms with Crippen LogP contribution in [-0.4, -0.2) is 20.7 Å². The summed E-state index contributed by atoms with van der Waals surface area (Å²) in [6.45, 7) is 3.62. The Morgan fingerprint density at radius 3 is 2.72 bits per heavy atom. The van der Waals surface area contributed by atoms with E-state index in [9.17, 15) is 9.18 Å². The molecule has 0 amide bonds. The summed E-state index contributed by atoms with van der Waals surface area (Å²) in [6.07, 6.45) is 3.64. The molecule has 0 saturated heterocycles. The number of hydrogen-bond acceptors (Lipinski definition) is 4. The summed E-state index contributed by atoms with van der Waals surface area (Å²) in [5.41, 5.74) is 1.96. The van der Waals surface area contributed by atoms with Crippen molar-refractivity contribution in [3.63, 3.8) is 0 Å². The van der Waals surface area contributed by atoms with Gasteiger partial charge in [0.1, 0.15) is 11.3 Å². The molecule has 0 bridgehead atoms. The Balaban J connectivity index is 1.88. The van der Waals surface area contributed by atoms with Crippen molar-refractivity contribution in [1.29, 1.82) is 5.26 Å². The maximum absolute atomic E-state index is 13.1. The fourth-order valence-corrected chi connectivity index (χ4v) is 2.73. The summed E-state index contributed by atoms with van der Waals surface area (Å²) in [7, 11) is 0. The molecule has 0 atom stereocenters. The zero-order valence-electron chi connectivity index (χ0n) is 13.9. The highest BCUT2D eigenvalue weighted by molar-refractivity contribution is 5.49. The number of rotatable bonds is 6. The van der Waals surface area contributed by atoms with E-state index in [-0.39, 0.29) is 17.8 Å². The van der Waals surface area contributed by atoms with Crippen LogP contribution >= 0.6 is 0 Å². The number of anilines is 1. The van der Waals surface area contributed by atoms with Gasteiger partial charge in [-0.1, -0.05) is 0 Å². The SMILES string of the molecule is CCN(Cc1cc2c(=O)n(CCC#N)ccn2n1)c1ccc(F)cc1. The van der Waals surface area contributed by atoms with Crippen molar-refractivity contribution in [1.82, 2.24) is 14.2 Å². The summed E-state index contributed by atoms with van der Waals surface area (Å²) in [4.78, 5) is 14.5. The quantitative estimate of drug-likeness (QED) is 0.692. The standard InChI is InChI=1S/C18H18FN5O/c1-2-22(16-6-4-14(19)5-7-16)13-15-12-17-18(25)23(9-3-8-20)10-11-24(17)21-15/h4-7,10-12H,2-3,9,13H2,1H3. The molecule has 0 fully saturated rings. The minimum Gasteiger partial charge on any atom is -0.366 e. The zero-order chi connectivity index (χ0) is 17.8. The van der Waals surface area contributed by atoms with Crippen molar-refractivity contribution >= 4 is 11.2 Å². The normalized spacial score (nSPS) is 10.8. The van der Waals surface area contributed by atoms with Crippen LogP contribution in [0.5, 0.6) is 0 Å². The lowest BCUT2D eigenvalue weighted by atomic mass is 10.2. The molecular formula is C18H18FN5O. The number of fused-ring (bicyclic) bond motifs is 1. The Morgan fingerprint density at radius 1 is 1.28 bits per heavy atom. The molecule has 128 valence electrons. The average molecular weight is 339 g/mol. The second kappa shape index (κ2) is 7.18. The minimum atomic E-state index is -0.273. The van der Waals surface area contributed by atoms with Gasteiger partial charge in [-0.05, 0) is 37.3 Å². The van der Waals surface area contributed by atoms with Crippen LogP contribution in [0, 0.1) is 17.1 Å². The molecule has 0 aliphatic carbocycles. The van der Waals surface area contributed by atoms with Gasteiger partial charge in [0.05, 0.1) is 24.7 Å². The van der Waals surface area contributed by atoms with Crippen molar-refractivity contribution in [2.24, 2.45) is 0 Å². The monoisotopic (exact) mass is 339 g/mol. The number of halogens is 1. The Kier molecular flexibility index (Phi) is 4.80. The maximum Gasteiger partial charge on any atom is 0.276 e. The summed E-state index contributed by atoms with van der Waals surface area (Å²) >= 11 is 0. The van der Waals surface area contributed by atoms with Gasteiger partial charge in [-0.15, -0.1) is 0 Å². The third-order valence-electron chi connectivity index (χ3n) is 4.04. The van der Waals surface area contributed by atoms with Crippen molar-refractivity contribution < 1.29 is 4.39 Å². The third kappa shape index (κ3) is 3.53. The lowest BCUT2D eigenvalue weighted by Gasteiger charge is -2.21. The van der Waals surface area contributed by atoms with E-state index in [1.807, 2.05) is 13.0 Å². The predicted octanol–water partition coefficient (Wildman–Crippen LogP) is 2.58. The van der Waals surface area contributed by atoms with Gasteiger partial charge in [-0.25, -0.2) is 8.91 Å². The van der Waals surface area contributed by atoms with Crippen LogP contribution in [0.4, 0.5) is 10.1 Å². The Hall–Kier alpha value is -3.14. The van der Waals surface area contributed by atoms with Crippen LogP contribution in [0.1, 0.15) is 19.0 Å². The number of hydrogen-bond donors (Lipinski definition) is 0. The summed E-state index contributed by atoms with van der Waals surface area (Å²) in [5.74, 6) is -0.273. The Labute approximate surface area is 144 Å². The smallest absolute Gasteiger partial charge is 0.276 e. The molecule has 2 aromatic heterocycles. The Bertz CT molecular complexity index is 968. The van der Waals surface area contributed by atoms with Gasteiger partial charge in [0.15, 0.2) is 0 Å². The van der Waals surface area contributed by atoms with Gasteiger partial charge in [0.25, 0.3) is 5.56 Å². The molecule has 1 aromatic carbocycles. The fourth-order valence-electron chi connectivity index (χ4n) is 2.73. The van der Waals surface area contributed by atoms with Gasteiger partial charge in [0.2, 0.25) is 0 Å². The van der Waals surface area contributed by atoms with Crippen LogP contribution in [0.15, 0.2) is 47.5 Å². The van der Waals surface area contributed by atoms with Crippen LogP contribution in [-0.2, 0) is 13.1 Å². The molecule has 0 unspecified atom stereocenters. The molecule has 0 N–H and O–H groups in total. The molecule has 2 heterocycles. The molecule has 7 heteroatoms. The van der Waals surface area contributed by atoms with E-state index in [1.165, 1.54) is 16.7 Å².